The lowest BCUT2D eigenvalue weighted by Crippen LogP contribution is -2.02. The van der Waals surface area contributed by atoms with E-state index in [-0.39, 0.29) is 14.0 Å². The number of hydrogen-bond acceptors (Lipinski definition) is 6. The van der Waals surface area contributed by atoms with Gasteiger partial charge in [0.05, 0.1) is 9.77 Å². The van der Waals surface area contributed by atoms with Gasteiger partial charge in [-0.1, -0.05) is 18.2 Å². The molecule has 0 aliphatic heterocycles. The molecule has 1 heterocycles. The van der Waals surface area contributed by atoms with Gasteiger partial charge in [-0.15, -0.1) is 11.3 Å². The molecular weight excluding hydrogens is 328 g/mol. The summed E-state index contributed by atoms with van der Waals surface area (Å²) in [5.74, 6) is -3.52. The van der Waals surface area contributed by atoms with Crippen molar-refractivity contribution in [3.8, 4) is 0 Å². The number of ketones is 1. The fraction of sp³-hybridized carbons (Fsp3) is 0. The molecule has 6 nitrogen and oxygen atoms in total. The number of allylic oxidation sites excluding steroid dienone is 1. The summed E-state index contributed by atoms with van der Waals surface area (Å²) in [6.07, 6.45) is 0.535. The maximum atomic E-state index is 12.3. The lowest BCUT2D eigenvalue weighted by atomic mass is 10.3. The highest BCUT2D eigenvalue weighted by Gasteiger charge is 2.21. The van der Waals surface area contributed by atoms with Crippen molar-refractivity contribution in [2.75, 3.05) is 0 Å². The van der Waals surface area contributed by atoms with E-state index in [1.54, 1.807) is 18.2 Å². The van der Waals surface area contributed by atoms with Crippen LogP contribution in [0, 0.1) is 0 Å². The molecule has 1 aromatic carbocycles. The molecule has 0 bridgehead atoms. The van der Waals surface area contributed by atoms with Crippen LogP contribution in [-0.4, -0.2) is 30.4 Å². The van der Waals surface area contributed by atoms with Crippen LogP contribution in [0.15, 0.2) is 63.4 Å². The number of thiophene rings is 1. The topological polar surface area (TPSA) is 109 Å². The van der Waals surface area contributed by atoms with Crippen LogP contribution < -0.4 is 0 Å². The Morgan fingerprint density at radius 2 is 1.64 bits per heavy atom. The first-order valence-electron chi connectivity index (χ1n) is 5.90. The number of aliphatic hydroxyl groups excluding tert-OH is 1. The Kier molecular flexibility index (Phi) is 4.43. The van der Waals surface area contributed by atoms with Crippen LogP contribution in [0.2, 0.25) is 0 Å². The lowest BCUT2D eigenvalue weighted by Gasteiger charge is -2.00. The minimum absolute atomic E-state index is 0.0160. The molecule has 2 rings (SSSR count). The van der Waals surface area contributed by atoms with Crippen LogP contribution in [0.25, 0.3) is 0 Å². The molecule has 1 aromatic heterocycles. The molecule has 114 valence electrons. The van der Waals surface area contributed by atoms with E-state index in [2.05, 4.69) is 0 Å². The van der Waals surface area contributed by atoms with E-state index in [4.69, 9.17) is 10.2 Å². The second-order valence-corrected chi connectivity index (χ2v) is 7.39. The van der Waals surface area contributed by atoms with Gasteiger partial charge in [-0.25, -0.2) is 13.2 Å². The van der Waals surface area contributed by atoms with Gasteiger partial charge in [-0.05, 0) is 24.3 Å². The summed E-state index contributed by atoms with van der Waals surface area (Å²) in [7, 11) is -3.73. The summed E-state index contributed by atoms with van der Waals surface area (Å²) in [4.78, 5) is 22.3. The molecule has 0 aliphatic carbocycles. The van der Waals surface area contributed by atoms with Crippen LogP contribution in [0.3, 0.4) is 0 Å². The van der Waals surface area contributed by atoms with Gasteiger partial charge >= 0.3 is 5.97 Å². The Morgan fingerprint density at radius 1 is 1.00 bits per heavy atom. The average Bonchev–Trinajstić information content (AvgIpc) is 2.98. The zero-order valence-electron chi connectivity index (χ0n) is 11.0. The summed E-state index contributed by atoms with van der Waals surface area (Å²) >= 11 is 0.710. The minimum Gasteiger partial charge on any atom is -0.502 e. The standard InChI is InChI=1S/C14H10O6S2/c15-10(8-11(16)14(17)18)12-6-7-13(21-12)22(19,20)9-4-2-1-3-5-9/h1-8,16H,(H,17,18). The van der Waals surface area contributed by atoms with Crippen molar-refractivity contribution >= 4 is 32.9 Å². The van der Waals surface area contributed by atoms with Gasteiger partial charge in [0.1, 0.15) is 4.21 Å². The molecule has 2 aromatic rings. The summed E-state index contributed by atoms with van der Waals surface area (Å²) in [5, 5.41) is 17.5. The highest BCUT2D eigenvalue weighted by atomic mass is 32.2. The molecule has 0 amide bonds. The van der Waals surface area contributed by atoms with Gasteiger partial charge in [0, 0.05) is 6.08 Å². The van der Waals surface area contributed by atoms with Gasteiger partial charge in [0.15, 0.2) is 5.78 Å². The smallest absolute Gasteiger partial charge is 0.371 e. The molecule has 8 heteroatoms. The second kappa shape index (κ2) is 6.12. The van der Waals surface area contributed by atoms with Gasteiger partial charge in [-0.3, -0.25) is 4.79 Å². The zero-order chi connectivity index (χ0) is 16.3. The van der Waals surface area contributed by atoms with Crippen LogP contribution >= 0.6 is 11.3 Å². The van der Waals surface area contributed by atoms with E-state index in [9.17, 15) is 18.0 Å². The Morgan fingerprint density at radius 3 is 2.23 bits per heavy atom. The van der Waals surface area contributed by atoms with Crippen molar-refractivity contribution in [2.45, 2.75) is 9.10 Å². The fourth-order valence-corrected chi connectivity index (χ4v) is 4.21. The van der Waals surface area contributed by atoms with Gasteiger partial charge in [-0.2, -0.15) is 0 Å². The van der Waals surface area contributed by atoms with E-state index in [1.165, 1.54) is 24.3 Å². The quantitative estimate of drug-likeness (QED) is 0.492. The largest absolute Gasteiger partial charge is 0.502 e. The first-order valence-corrected chi connectivity index (χ1v) is 8.20. The Bertz CT molecular complexity index is 846. The highest BCUT2D eigenvalue weighted by molar-refractivity contribution is 7.93. The average molecular weight is 338 g/mol. The Hall–Kier alpha value is -2.45. The molecule has 0 unspecified atom stereocenters. The van der Waals surface area contributed by atoms with Crippen LogP contribution in [0.1, 0.15) is 9.67 Å². The van der Waals surface area contributed by atoms with E-state index in [0.29, 0.717) is 17.4 Å². The maximum Gasteiger partial charge on any atom is 0.371 e. The van der Waals surface area contributed by atoms with Crippen LogP contribution in [0.5, 0.6) is 0 Å². The predicted molar refractivity (Wildman–Crippen MR) is 78.9 cm³/mol. The summed E-state index contributed by atoms with van der Waals surface area (Å²) in [6.45, 7) is 0. The van der Waals surface area contributed by atoms with Crippen LogP contribution in [-0.2, 0) is 14.6 Å². The third kappa shape index (κ3) is 3.23. The molecule has 0 atom stereocenters. The number of carbonyl (C=O) groups excluding carboxylic acids is 1. The number of carbonyl (C=O) groups is 2. The Balaban J connectivity index is 2.35. The number of rotatable bonds is 5. The fourth-order valence-electron chi connectivity index (χ4n) is 1.57. The number of sulfone groups is 1. The number of carboxylic acids is 1. The van der Waals surface area contributed by atoms with Gasteiger partial charge in [0.2, 0.25) is 15.6 Å². The van der Waals surface area contributed by atoms with E-state index in [0.717, 1.165) is 0 Å². The minimum atomic E-state index is -3.73. The number of benzene rings is 1. The van der Waals surface area contributed by atoms with Crippen molar-refractivity contribution in [2.24, 2.45) is 0 Å². The predicted octanol–water partition coefficient (Wildman–Crippen LogP) is 2.29. The third-order valence-electron chi connectivity index (χ3n) is 2.63. The molecule has 0 spiro atoms. The number of aliphatic carboxylic acids is 1. The Labute approximate surface area is 129 Å². The molecule has 0 radical (unpaired) electrons. The van der Waals surface area contributed by atoms with Crippen molar-refractivity contribution in [3.63, 3.8) is 0 Å². The summed E-state index contributed by atoms with van der Waals surface area (Å²) in [5.41, 5.74) is 0. The number of hydrogen-bond donors (Lipinski definition) is 2. The lowest BCUT2D eigenvalue weighted by molar-refractivity contribution is -0.135. The summed E-state index contributed by atoms with van der Waals surface area (Å²) in [6, 6.07) is 10.3. The monoisotopic (exact) mass is 338 g/mol. The molecule has 0 aliphatic rings. The maximum absolute atomic E-state index is 12.3. The van der Waals surface area contributed by atoms with Gasteiger partial charge in [0.25, 0.3) is 0 Å². The normalized spacial score (nSPS) is 12.1. The van der Waals surface area contributed by atoms with Gasteiger partial charge < -0.3 is 10.2 Å². The first-order chi connectivity index (χ1) is 10.3. The SMILES string of the molecule is O=C(O)C(O)=CC(=O)c1ccc(S(=O)(=O)c2ccccc2)s1. The first kappa shape index (κ1) is 15.9. The summed E-state index contributed by atoms with van der Waals surface area (Å²) < 4.78 is 24.6. The van der Waals surface area contributed by atoms with Crippen molar-refractivity contribution in [1.29, 1.82) is 0 Å². The molecule has 0 saturated carbocycles. The van der Waals surface area contributed by atoms with E-state index >= 15 is 0 Å². The van der Waals surface area contributed by atoms with E-state index in [1.807, 2.05) is 0 Å². The van der Waals surface area contributed by atoms with Crippen molar-refractivity contribution in [3.05, 3.63) is 59.2 Å². The van der Waals surface area contributed by atoms with Crippen LogP contribution in [0.4, 0.5) is 0 Å². The van der Waals surface area contributed by atoms with Crippen molar-refractivity contribution < 1.29 is 28.2 Å². The number of aliphatic hydroxyl groups is 1. The third-order valence-corrected chi connectivity index (χ3v) is 5.99. The second-order valence-electron chi connectivity index (χ2n) is 4.13. The zero-order valence-corrected chi connectivity index (χ0v) is 12.6. The molecule has 22 heavy (non-hydrogen) atoms. The molecular formula is C14H10O6S2. The highest BCUT2D eigenvalue weighted by Crippen LogP contribution is 2.28. The van der Waals surface area contributed by atoms with Crippen molar-refractivity contribution in [1.82, 2.24) is 0 Å². The molecule has 0 fully saturated rings. The number of carboxylic acid groups (broad SMARTS) is 1. The molecule has 2 N–H and O–H groups in total. The molecule has 0 saturated heterocycles. The van der Waals surface area contributed by atoms with E-state index < -0.39 is 27.3 Å².